The van der Waals surface area contributed by atoms with Crippen LogP contribution in [0.1, 0.15) is 42.2 Å². The second kappa shape index (κ2) is 4.31. The lowest BCUT2D eigenvalue weighted by Crippen LogP contribution is -2.03. The molecule has 1 N–H and O–H groups in total. The molecular weight excluding hydrogens is 246 g/mol. The van der Waals surface area contributed by atoms with E-state index in [4.69, 9.17) is 12.2 Å². The van der Waals surface area contributed by atoms with Crippen molar-refractivity contribution in [1.82, 2.24) is 14.5 Å². The number of H-pyrrole nitrogens is 1. The Morgan fingerprint density at radius 3 is 3.06 bits per heavy atom. The zero-order valence-corrected chi connectivity index (χ0v) is 11.1. The number of carbonyl (C=O) groups excluding carboxylic acids is 1. The van der Waals surface area contributed by atoms with Gasteiger partial charge in [-0.05, 0) is 26.2 Å². The quantitative estimate of drug-likeness (QED) is 0.634. The normalized spacial score (nSPS) is 15.4. The van der Waals surface area contributed by atoms with Crippen LogP contribution in [0.2, 0.25) is 0 Å². The Morgan fingerprint density at radius 1 is 1.44 bits per heavy atom. The van der Waals surface area contributed by atoms with Crippen LogP contribution in [-0.4, -0.2) is 20.3 Å². The standard InChI is InChI=1S/C13H15N3OS/c1-8(17)10-9-5-3-2-4-6-16(9)12-11(10)14-7-15-13(12)18/h7H,2-6H2,1H3,(H,14,15,18). The van der Waals surface area contributed by atoms with Gasteiger partial charge in [0.1, 0.15) is 5.52 Å². The van der Waals surface area contributed by atoms with Gasteiger partial charge in [0.2, 0.25) is 0 Å². The first-order chi connectivity index (χ1) is 8.70. The predicted octanol–water partition coefficient (Wildman–Crippen LogP) is 3.02. The second-order valence-corrected chi connectivity index (χ2v) is 5.16. The van der Waals surface area contributed by atoms with Gasteiger partial charge in [-0.25, -0.2) is 4.98 Å². The minimum atomic E-state index is 0.104. The Balaban J connectivity index is 2.45. The molecule has 3 heterocycles. The third-order valence-electron chi connectivity index (χ3n) is 3.61. The number of aromatic nitrogens is 3. The topological polar surface area (TPSA) is 50.7 Å². The van der Waals surface area contributed by atoms with Crippen LogP contribution in [0.5, 0.6) is 0 Å². The Hall–Kier alpha value is -1.49. The molecule has 0 aliphatic carbocycles. The first kappa shape index (κ1) is 11.6. The van der Waals surface area contributed by atoms with Crippen LogP contribution in [0.4, 0.5) is 0 Å². The summed E-state index contributed by atoms with van der Waals surface area (Å²) in [7, 11) is 0. The van der Waals surface area contributed by atoms with E-state index in [1.165, 1.54) is 6.42 Å². The van der Waals surface area contributed by atoms with Crippen molar-refractivity contribution >= 4 is 29.0 Å². The summed E-state index contributed by atoms with van der Waals surface area (Å²) in [6.07, 6.45) is 6.01. The fourth-order valence-corrected chi connectivity index (χ4v) is 3.14. The molecule has 0 saturated carbocycles. The molecule has 94 valence electrons. The maximum absolute atomic E-state index is 11.9. The number of nitrogens with zero attached hydrogens (tertiary/aromatic N) is 2. The Labute approximate surface area is 110 Å². The summed E-state index contributed by atoms with van der Waals surface area (Å²) in [6.45, 7) is 2.56. The van der Waals surface area contributed by atoms with Gasteiger partial charge in [0.15, 0.2) is 10.4 Å². The van der Waals surface area contributed by atoms with Crippen molar-refractivity contribution in [3.63, 3.8) is 0 Å². The van der Waals surface area contributed by atoms with Gasteiger partial charge in [0, 0.05) is 12.2 Å². The van der Waals surface area contributed by atoms with Crippen LogP contribution in [0, 0.1) is 4.64 Å². The van der Waals surface area contributed by atoms with Crippen LogP contribution >= 0.6 is 12.2 Å². The molecule has 2 aromatic rings. The maximum Gasteiger partial charge on any atom is 0.163 e. The minimum absolute atomic E-state index is 0.104. The summed E-state index contributed by atoms with van der Waals surface area (Å²) >= 11 is 5.32. The monoisotopic (exact) mass is 261 g/mol. The molecular formula is C13H15N3OS. The lowest BCUT2D eigenvalue weighted by Gasteiger charge is -2.05. The van der Waals surface area contributed by atoms with Gasteiger partial charge in [-0.2, -0.15) is 0 Å². The van der Waals surface area contributed by atoms with Crippen LogP contribution in [0.15, 0.2) is 6.33 Å². The molecule has 0 bridgehead atoms. The molecule has 18 heavy (non-hydrogen) atoms. The SMILES string of the molecule is CC(=O)c1c2n(c3c(=S)nc[nH]c13)CCCCC2. The lowest BCUT2D eigenvalue weighted by atomic mass is 10.1. The van der Waals surface area contributed by atoms with Gasteiger partial charge in [0.25, 0.3) is 0 Å². The zero-order valence-electron chi connectivity index (χ0n) is 10.3. The highest BCUT2D eigenvalue weighted by Gasteiger charge is 2.22. The van der Waals surface area contributed by atoms with E-state index in [9.17, 15) is 4.79 Å². The van der Waals surface area contributed by atoms with Gasteiger partial charge in [-0.1, -0.05) is 18.6 Å². The third-order valence-corrected chi connectivity index (χ3v) is 3.91. The summed E-state index contributed by atoms with van der Waals surface area (Å²) in [4.78, 5) is 19.2. The van der Waals surface area contributed by atoms with E-state index in [0.717, 1.165) is 48.1 Å². The van der Waals surface area contributed by atoms with E-state index < -0.39 is 0 Å². The summed E-state index contributed by atoms with van der Waals surface area (Å²) in [6, 6.07) is 0. The van der Waals surface area contributed by atoms with Gasteiger partial charge >= 0.3 is 0 Å². The molecule has 1 aliphatic rings. The molecule has 0 fully saturated rings. The molecule has 0 unspecified atom stereocenters. The molecule has 1 aliphatic heterocycles. The molecule has 0 saturated heterocycles. The van der Waals surface area contributed by atoms with E-state index in [-0.39, 0.29) is 5.78 Å². The molecule has 4 nitrogen and oxygen atoms in total. The number of Topliss-reactive ketones (excluding diaryl/α,β-unsaturated/α-hetero) is 1. The van der Waals surface area contributed by atoms with Crippen molar-refractivity contribution in [3.8, 4) is 0 Å². The van der Waals surface area contributed by atoms with Crippen LogP contribution in [0.25, 0.3) is 11.0 Å². The number of rotatable bonds is 1. The smallest absolute Gasteiger partial charge is 0.163 e. The number of aryl methyl sites for hydroxylation is 1. The largest absolute Gasteiger partial charge is 0.344 e. The fourth-order valence-electron chi connectivity index (χ4n) is 2.87. The number of fused-ring (bicyclic) bond motifs is 3. The molecule has 0 aromatic carbocycles. The van der Waals surface area contributed by atoms with Gasteiger partial charge in [-0.15, -0.1) is 0 Å². The number of nitrogens with one attached hydrogen (secondary N) is 1. The van der Waals surface area contributed by atoms with E-state index in [1.54, 1.807) is 13.3 Å². The van der Waals surface area contributed by atoms with E-state index in [1.807, 2.05) is 0 Å². The Bertz CT molecular complexity index is 683. The zero-order chi connectivity index (χ0) is 12.7. The molecule has 0 atom stereocenters. The van der Waals surface area contributed by atoms with E-state index >= 15 is 0 Å². The maximum atomic E-state index is 11.9. The van der Waals surface area contributed by atoms with Crippen molar-refractivity contribution < 1.29 is 4.79 Å². The molecule has 0 radical (unpaired) electrons. The van der Waals surface area contributed by atoms with E-state index in [0.29, 0.717) is 4.64 Å². The fraction of sp³-hybridized carbons (Fsp3) is 0.462. The molecule has 0 spiro atoms. The van der Waals surface area contributed by atoms with Crippen LogP contribution < -0.4 is 0 Å². The number of aromatic amines is 1. The average molecular weight is 261 g/mol. The highest BCUT2D eigenvalue weighted by Crippen LogP contribution is 2.29. The Kier molecular flexibility index (Phi) is 2.78. The third kappa shape index (κ3) is 1.61. The number of hydrogen-bond donors (Lipinski definition) is 1. The lowest BCUT2D eigenvalue weighted by molar-refractivity contribution is 0.101. The van der Waals surface area contributed by atoms with E-state index in [2.05, 4.69) is 14.5 Å². The summed E-state index contributed by atoms with van der Waals surface area (Å²) < 4.78 is 2.78. The minimum Gasteiger partial charge on any atom is -0.344 e. The summed E-state index contributed by atoms with van der Waals surface area (Å²) in [5, 5.41) is 0. The second-order valence-electron chi connectivity index (χ2n) is 4.77. The summed E-state index contributed by atoms with van der Waals surface area (Å²) in [5.74, 6) is 0.104. The summed E-state index contributed by atoms with van der Waals surface area (Å²) in [5.41, 5.74) is 3.72. The van der Waals surface area contributed by atoms with Gasteiger partial charge in [-0.3, -0.25) is 4.79 Å². The molecule has 2 aromatic heterocycles. The molecule has 0 amide bonds. The van der Waals surface area contributed by atoms with Crippen molar-refractivity contribution in [1.29, 1.82) is 0 Å². The van der Waals surface area contributed by atoms with Gasteiger partial charge < -0.3 is 9.55 Å². The number of ketones is 1. The van der Waals surface area contributed by atoms with Crippen molar-refractivity contribution in [2.24, 2.45) is 0 Å². The van der Waals surface area contributed by atoms with Crippen molar-refractivity contribution in [3.05, 3.63) is 22.2 Å². The van der Waals surface area contributed by atoms with Gasteiger partial charge in [0.05, 0.1) is 17.4 Å². The highest BCUT2D eigenvalue weighted by molar-refractivity contribution is 7.71. The average Bonchev–Trinajstić information content (AvgIpc) is 2.49. The first-order valence-electron chi connectivity index (χ1n) is 6.30. The molecule has 3 rings (SSSR count). The Morgan fingerprint density at radius 2 is 2.28 bits per heavy atom. The van der Waals surface area contributed by atoms with Crippen molar-refractivity contribution in [2.45, 2.75) is 39.2 Å². The number of hydrogen-bond acceptors (Lipinski definition) is 3. The first-order valence-corrected chi connectivity index (χ1v) is 6.70. The van der Waals surface area contributed by atoms with Crippen molar-refractivity contribution in [2.75, 3.05) is 0 Å². The molecule has 5 heteroatoms. The number of carbonyl (C=O) groups is 1. The van der Waals surface area contributed by atoms with Crippen LogP contribution in [0.3, 0.4) is 0 Å². The van der Waals surface area contributed by atoms with Crippen LogP contribution in [-0.2, 0) is 13.0 Å². The predicted molar refractivity (Wildman–Crippen MR) is 72.5 cm³/mol. The highest BCUT2D eigenvalue weighted by atomic mass is 32.1.